The molecular formula is C21H16N4O2. The summed E-state index contributed by atoms with van der Waals surface area (Å²) in [6.07, 6.45) is 3.49. The zero-order valence-corrected chi connectivity index (χ0v) is 14.6. The van der Waals surface area contributed by atoms with Crippen molar-refractivity contribution in [2.45, 2.75) is 6.92 Å². The smallest absolute Gasteiger partial charge is 0.225 e. The fourth-order valence-corrected chi connectivity index (χ4v) is 2.58. The zero-order chi connectivity index (χ0) is 18.6. The van der Waals surface area contributed by atoms with Gasteiger partial charge in [-0.15, -0.1) is 0 Å². The van der Waals surface area contributed by atoms with E-state index in [1.54, 1.807) is 41.2 Å². The number of Topliss-reactive ketones (excluding diaryl/α,β-unsaturated/α-hetero) is 1. The average Bonchev–Trinajstić information content (AvgIpc) is 3.24. The van der Waals surface area contributed by atoms with Crippen LogP contribution in [0.5, 0.6) is 11.6 Å². The van der Waals surface area contributed by atoms with Crippen LogP contribution in [0.3, 0.4) is 0 Å². The van der Waals surface area contributed by atoms with Crippen molar-refractivity contribution in [2.75, 3.05) is 0 Å². The maximum absolute atomic E-state index is 11.4. The van der Waals surface area contributed by atoms with E-state index in [2.05, 4.69) is 15.1 Å². The van der Waals surface area contributed by atoms with Crippen LogP contribution in [0.4, 0.5) is 0 Å². The molecule has 0 bridgehead atoms. The predicted molar refractivity (Wildman–Crippen MR) is 101 cm³/mol. The van der Waals surface area contributed by atoms with E-state index < -0.39 is 0 Å². The number of benzene rings is 2. The number of nitrogens with zero attached hydrogens (tertiary/aromatic N) is 4. The summed E-state index contributed by atoms with van der Waals surface area (Å²) in [5, 5.41) is 4.23. The summed E-state index contributed by atoms with van der Waals surface area (Å²) in [5.74, 6) is 2.13. The monoisotopic (exact) mass is 356 g/mol. The van der Waals surface area contributed by atoms with Gasteiger partial charge in [0.15, 0.2) is 17.4 Å². The van der Waals surface area contributed by atoms with Crippen molar-refractivity contribution in [3.05, 3.63) is 84.7 Å². The minimum atomic E-state index is 0.0101. The van der Waals surface area contributed by atoms with Crippen LogP contribution >= 0.6 is 0 Å². The SMILES string of the molecule is CC(=O)c1ccc(Oc2cc(-n3cccn3)nc(-c3ccccc3)n2)cc1. The number of ether oxygens (including phenoxy) is 1. The lowest BCUT2D eigenvalue weighted by molar-refractivity contribution is 0.101. The van der Waals surface area contributed by atoms with Crippen LogP contribution in [-0.2, 0) is 0 Å². The van der Waals surface area contributed by atoms with Crippen LogP contribution in [0.25, 0.3) is 17.2 Å². The molecule has 0 radical (unpaired) electrons. The van der Waals surface area contributed by atoms with Gasteiger partial charge in [0.1, 0.15) is 5.75 Å². The maximum Gasteiger partial charge on any atom is 0.225 e. The predicted octanol–water partition coefficient (Wildman–Crippen LogP) is 4.32. The molecule has 0 aliphatic carbocycles. The van der Waals surface area contributed by atoms with E-state index in [4.69, 9.17) is 4.74 Å². The van der Waals surface area contributed by atoms with Crippen molar-refractivity contribution >= 4 is 5.78 Å². The van der Waals surface area contributed by atoms with Crippen molar-refractivity contribution in [3.63, 3.8) is 0 Å². The first kappa shape index (κ1) is 16.7. The zero-order valence-electron chi connectivity index (χ0n) is 14.6. The molecule has 0 aliphatic rings. The quantitative estimate of drug-likeness (QED) is 0.498. The number of carbonyl (C=O) groups is 1. The lowest BCUT2D eigenvalue weighted by Gasteiger charge is -2.10. The molecule has 4 aromatic rings. The molecule has 4 rings (SSSR count). The molecule has 2 aromatic heterocycles. The number of hydrogen-bond donors (Lipinski definition) is 0. The van der Waals surface area contributed by atoms with Gasteiger partial charge >= 0.3 is 0 Å². The molecule has 0 N–H and O–H groups in total. The van der Waals surface area contributed by atoms with Crippen molar-refractivity contribution in [1.82, 2.24) is 19.7 Å². The van der Waals surface area contributed by atoms with Gasteiger partial charge in [0.2, 0.25) is 5.88 Å². The number of hydrogen-bond acceptors (Lipinski definition) is 5. The van der Waals surface area contributed by atoms with Crippen molar-refractivity contribution in [3.8, 4) is 28.8 Å². The van der Waals surface area contributed by atoms with Gasteiger partial charge in [0.25, 0.3) is 0 Å². The minimum absolute atomic E-state index is 0.0101. The Morgan fingerprint density at radius 2 is 1.74 bits per heavy atom. The van der Waals surface area contributed by atoms with Gasteiger partial charge in [-0.1, -0.05) is 30.3 Å². The Balaban J connectivity index is 1.73. The average molecular weight is 356 g/mol. The van der Waals surface area contributed by atoms with Crippen LogP contribution in [0.15, 0.2) is 79.1 Å². The van der Waals surface area contributed by atoms with E-state index in [-0.39, 0.29) is 5.78 Å². The lowest BCUT2D eigenvalue weighted by atomic mass is 10.1. The second-order valence-corrected chi connectivity index (χ2v) is 5.89. The van der Waals surface area contributed by atoms with Crippen molar-refractivity contribution in [1.29, 1.82) is 0 Å². The normalized spacial score (nSPS) is 10.6. The van der Waals surface area contributed by atoms with Gasteiger partial charge in [-0.25, -0.2) is 9.67 Å². The van der Waals surface area contributed by atoms with Gasteiger partial charge in [0, 0.05) is 29.6 Å². The summed E-state index contributed by atoms with van der Waals surface area (Å²) in [6.45, 7) is 1.53. The largest absolute Gasteiger partial charge is 0.439 e. The number of rotatable bonds is 5. The minimum Gasteiger partial charge on any atom is -0.439 e. The fourth-order valence-electron chi connectivity index (χ4n) is 2.58. The van der Waals surface area contributed by atoms with Crippen LogP contribution in [0.2, 0.25) is 0 Å². The third-order valence-electron chi connectivity index (χ3n) is 3.94. The summed E-state index contributed by atoms with van der Waals surface area (Å²) in [4.78, 5) is 20.5. The number of aromatic nitrogens is 4. The summed E-state index contributed by atoms with van der Waals surface area (Å²) in [6, 6.07) is 20.2. The van der Waals surface area contributed by atoms with Crippen LogP contribution in [0.1, 0.15) is 17.3 Å². The molecule has 132 valence electrons. The Hall–Kier alpha value is -3.80. The molecule has 0 spiro atoms. The molecule has 2 heterocycles. The maximum atomic E-state index is 11.4. The van der Waals surface area contributed by atoms with Gasteiger partial charge in [-0.05, 0) is 37.3 Å². The molecule has 6 heteroatoms. The van der Waals surface area contributed by atoms with E-state index in [9.17, 15) is 4.79 Å². The van der Waals surface area contributed by atoms with Gasteiger partial charge in [-0.3, -0.25) is 4.79 Å². The molecule has 0 aliphatic heterocycles. The van der Waals surface area contributed by atoms with Gasteiger partial charge in [0.05, 0.1) is 0 Å². The second kappa shape index (κ2) is 7.21. The molecule has 6 nitrogen and oxygen atoms in total. The molecule has 27 heavy (non-hydrogen) atoms. The Labute approximate surface area is 156 Å². The number of ketones is 1. The molecule has 0 unspecified atom stereocenters. The summed E-state index contributed by atoms with van der Waals surface area (Å²) in [5.41, 5.74) is 1.51. The van der Waals surface area contributed by atoms with E-state index in [1.165, 1.54) is 6.92 Å². The molecule has 0 atom stereocenters. The third-order valence-corrected chi connectivity index (χ3v) is 3.94. The third kappa shape index (κ3) is 3.74. The summed E-state index contributed by atoms with van der Waals surface area (Å²) in [7, 11) is 0. The summed E-state index contributed by atoms with van der Waals surface area (Å²) < 4.78 is 7.56. The van der Waals surface area contributed by atoms with Crippen molar-refractivity contribution in [2.24, 2.45) is 0 Å². The highest BCUT2D eigenvalue weighted by Crippen LogP contribution is 2.25. The Kier molecular flexibility index (Phi) is 4.45. The standard InChI is InChI=1S/C21H16N4O2/c1-15(26)16-8-10-18(11-9-16)27-20-14-19(25-13-5-12-22-25)23-21(24-20)17-6-3-2-4-7-17/h2-14H,1H3. The molecule has 0 saturated heterocycles. The van der Waals surface area contributed by atoms with Crippen LogP contribution < -0.4 is 4.74 Å². The van der Waals surface area contributed by atoms with E-state index in [0.717, 1.165) is 5.56 Å². The molecular weight excluding hydrogens is 340 g/mol. The lowest BCUT2D eigenvalue weighted by Crippen LogP contribution is -2.02. The molecule has 0 amide bonds. The molecule has 0 saturated carbocycles. The first-order chi connectivity index (χ1) is 13.2. The van der Waals surface area contributed by atoms with Crippen LogP contribution in [0, 0.1) is 0 Å². The Morgan fingerprint density at radius 3 is 2.41 bits per heavy atom. The molecule has 0 fully saturated rings. The highest BCUT2D eigenvalue weighted by Gasteiger charge is 2.10. The van der Waals surface area contributed by atoms with E-state index in [1.807, 2.05) is 42.6 Å². The number of carbonyl (C=O) groups excluding carboxylic acids is 1. The Morgan fingerprint density at radius 1 is 0.963 bits per heavy atom. The van der Waals surface area contributed by atoms with E-state index in [0.29, 0.717) is 28.8 Å². The molecule has 2 aromatic carbocycles. The highest BCUT2D eigenvalue weighted by molar-refractivity contribution is 5.94. The van der Waals surface area contributed by atoms with E-state index >= 15 is 0 Å². The Bertz CT molecular complexity index is 1060. The van der Waals surface area contributed by atoms with Crippen molar-refractivity contribution < 1.29 is 9.53 Å². The second-order valence-electron chi connectivity index (χ2n) is 5.89. The topological polar surface area (TPSA) is 69.9 Å². The van der Waals surface area contributed by atoms with Gasteiger partial charge < -0.3 is 4.74 Å². The van der Waals surface area contributed by atoms with Gasteiger partial charge in [-0.2, -0.15) is 10.1 Å². The first-order valence-corrected chi connectivity index (χ1v) is 8.42. The first-order valence-electron chi connectivity index (χ1n) is 8.42. The highest BCUT2D eigenvalue weighted by atomic mass is 16.5. The van der Waals surface area contributed by atoms with Crippen LogP contribution in [-0.4, -0.2) is 25.5 Å². The summed E-state index contributed by atoms with van der Waals surface area (Å²) >= 11 is 0. The fraction of sp³-hybridized carbons (Fsp3) is 0.0476.